The Morgan fingerprint density at radius 2 is 1.75 bits per heavy atom. The first-order valence-electron chi connectivity index (χ1n) is 4.29. The summed E-state index contributed by atoms with van der Waals surface area (Å²) in [7, 11) is 2.69. The van der Waals surface area contributed by atoms with Crippen LogP contribution in [0.3, 0.4) is 0 Å². The molecule has 1 aromatic carbocycles. The number of ether oxygens (including phenoxy) is 3. The van der Waals surface area contributed by atoms with E-state index in [0.717, 1.165) is 0 Å². The largest absolute Gasteiger partial charge is 0.493 e. The van der Waals surface area contributed by atoms with Crippen LogP contribution in [0.2, 0.25) is 0 Å². The van der Waals surface area contributed by atoms with E-state index in [1.54, 1.807) is 0 Å². The number of halogens is 3. The molecular weight excluding hydrogens is 225 g/mol. The van der Waals surface area contributed by atoms with Crippen LogP contribution in [0.1, 0.15) is 0 Å². The number of methoxy groups -OCH3 is 2. The second-order valence-electron chi connectivity index (χ2n) is 2.83. The van der Waals surface area contributed by atoms with Gasteiger partial charge in [-0.05, 0) is 18.2 Å². The van der Waals surface area contributed by atoms with Gasteiger partial charge in [0, 0.05) is 0 Å². The molecule has 89 valence electrons. The van der Waals surface area contributed by atoms with Crippen molar-refractivity contribution in [3.05, 3.63) is 18.2 Å². The average Bonchev–Trinajstić information content (AvgIpc) is 2.24. The summed E-state index contributed by atoms with van der Waals surface area (Å²) in [5, 5.41) is 0. The van der Waals surface area contributed by atoms with Crippen LogP contribution in [0.25, 0.3) is 0 Å². The van der Waals surface area contributed by atoms with Crippen LogP contribution in [0, 0.1) is 6.07 Å². The molecule has 1 aromatic rings. The van der Waals surface area contributed by atoms with Gasteiger partial charge in [0.1, 0.15) is 0 Å². The Balaban J connectivity index is 2.87. The molecule has 0 bridgehead atoms. The topological polar surface area (TPSA) is 27.7 Å². The van der Waals surface area contributed by atoms with Crippen molar-refractivity contribution in [2.45, 2.75) is 6.18 Å². The average molecular weight is 235 g/mol. The zero-order chi connectivity index (χ0) is 12.2. The summed E-state index contributed by atoms with van der Waals surface area (Å²) in [6.45, 7) is -1.38. The lowest BCUT2D eigenvalue weighted by atomic mass is 10.3. The van der Waals surface area contributed by atoms with E-state index in [1.165, 1.54) is 26.4 Å². The first-order valence-corrected chi connectivity index (χ1v) is 4.29. The monoisotopic (exact) mass is 235 g/mol. The third-order valence-electron chi connectivity index (χ3n) is 1.69. The predicted octanol–water partition coefficient (Wildman–Crippen LogP) is 2.45. The van der Waals surface area contributed by atoms with Crippen molar-refractivity contribution in [1.29, 1.82) is 0 Å². The minimum Gasteiger partial charge on any atom is -0.493 e. The molecule has 3 nitrogen and oxygen atoms in total. The van der Waals surface area contributed by atoms with Gasteiger partial charge in [-0.2, -0.15) is 13.2 Å². The van der Waals surface area contributed by atoms with Gasteiger partial charge in [-0.25, -0.2) is 0 Å². The maximum Gasteiger partial charge on any atom is 0.422 e. The Morgan fingerprint density at radius 1 is 1.12 bits per heavy atom. The smallest absolute Gasteiger partial charge is 0.422 e. The molecule has 0 saturated carbocycles. The van der Waals surface area contributed by atoms with Gasteiger partial charge in [0.2, 0.25) is 5.75 Å². The Bertz CT molecular complexity index is 350. The van der Waals surface area contributed by atoms with Crippen molar-refractivity contribution in [1.82, 2.24) is 0 Å². The maximum absolute atomic E-state index is 12.0. The van der Waals surface area contributed by atoms with Gasteiger partial charge < -0.3 is 14.2 Å². The van der Waals surface area contributed by atoms with Gasteiger partial charge in [0.25, 0.3) is 0 Å². The number of benzene rings is 1. The Hall–Kier alpha value is -1.59. The van der Waals surface area contributed by atoms with Crippen molar-refractivity contribution in [3.63, 3.8) is 0 Å². The molecule has 0 atom stereocenters. The van der Waals surface area contributed by atoms with Gasteiger partial charge >= 0.3 is 6.18 Å². The summed E-state index contributed by atoms with van der Waals surface area (Å²) in [4.78, 5) is 0. The summed E-state index contributed by atoms with van der Waals surface area (Å²) in [6.07, 6.45) is -4.39. The van der Waals surface area contributed by atoms with Crippen LogP contribution in [0.15, 0.2) is 12.1 Å². The van der Waals surface area contributed by atoms with Crippen LogP contribution in [-0.4, -0.2) is 27.0 Å². The highest BCUT2D eigenvalue weighted by atomic mass is 19.4. The highest BCUT2D eigenvalue weighted by molar-refractivity contribution is 5.50. The van der Waals surface area contributed by atoms with Crippen LogP contribution < -0.4 is 14.2 Å². The number of hydrogen-bond acceptors (Lipinski definition) is 3. The summed E-state index contributed by atoms with van der Waals surface area (Å²) >= 11 is 0. The highest BCUT2D eigenvalue weighted by Gasteiger charge is 2.29. The van der Waals surface area contributed by atoms with E-state index in [2.05, 4.69) is 10.8 Å². The molecule has 0 aliphatic heterocycles. The molecule has 6 heteroatoms. The van der Waals surface area contributed by atoms with Gasteiger partial charge in [0.05, 0.1) is 14.2 Å². The van der Waals surface area contributed by atoms with Crippen LogP contribution >= 0.6 is 0 Å². The SMILES string of the molecule is COc1c[c]cc(OCC(F)(F)F)c1OC. The summed E-state index contributed by atoms with van der Waals surface area (Å²) in [5.74, 6) is 0.326. The number of hydrogen-bond donors (Lipinski definition) is 0. The molecule has 1 radical (unpaired) electrons. The summed E-state index contributed by atoms with van der Waals surface area (Å²) in [6, 6.07) is 5.29. The number of alkyl halides is 3. The Kier molecular flexibility index (Phi) is 3.87. The van der Waals surface area contributed by atoms with E-state index < -0.39 is 12.8 Å². The Labute approximate surface area is 90.7 Å². The van der Waals surface area contributed by atoms with Crippen molar-refractivity contribution in [2.24, 2.45) is 0 Å². The van der Waals surface area contributed by atoms with E-state index in [1.807, 2.05) is 0 Å². The molecular formula is C10H10F3O3. The molecule has 0 heterocycles. The first kappa shape index (κ1) is 12.5. The normalized spacial score (nSPS) is 11.1. The molecule has 0 fully saturated rings. The van der Waals surface area contributed by atoms with E-state index >= 15 is 0 Å². The standard InChI is InChI=1S/C10H10F3O3/c1-14-7-4-3-5-8(9(7)15-2)16-6-10(11,12)13/h4-5H,6H2,1-2H3. The van der Waals surface area contributed by atoms with Gasteiger partial charge in [-0.15, -0.1) is 0 Å². The summed E-state index contributed by atoms with van der Waals surface area (Å²) in [5.41, 5.74) is 0. The van der Waals surface area contributed by atoms with Crippen molar-refractivity contribution < 1.29 is 27.4 Å². The molecule has 0 N–H and O–H groups in total. The van der Waals surface area contributed by atoms with Gasteiger partial charge in [-0.3, -0.25) is 0 Å². The number of rotatable bonds is 4. The zero-order valence-electron chi connectivity index (χ0n) is 8.72. The lowest BCUT2D eigenvalue weighted by Gasteiger charge is -2.14. The maximum atomic E-state index is 12.0. The highest BCUT2D eigenvalue weighted by Crippen LogP contribution is 2.36. The fourth-order valence-corrected chi connectivity index (χ4v) is 1.07. The molecule has 0 saturated heterocycles. The molecule has 1 rings (SSSR count). The lowest BCUT2D eigenvalue weighted by Crippen LogP contribution is -2.19. The molecule has 0 unspecified atom stereocenters. The third kappa shape index (κ3) is 3.22. The summed E-state index contributed by atoms with van der Waals surface area (Å²) < 4.78 is 50.2. The fraction of sp³-hybridized carbons (Fsp3) is 0.400. The first-order chi connectivity index (χ1) is 7.48. The zero-order valence-corrected chi connectivity index (χ0v) is 8.72. The second kappa shape index (κ2) is 4.96. The quantitative estimate of drug-likeness (QED) is 0.802. The molecule has 0 aliphatic rings. The molecule has 0 aromatic heterocycles. The van der Waals surface area contributed by atoms with Gasteiger partial charge in [-0.1, -0.05) is 0 Å². The molecule has 0 aliphatic carbocycles. The third-order valence-corrected chi connectivity index (χ3v) is 1.69. The van der Waals surface area contributed by atoms with E-state index in [-0.39, 0.29) is 17.2 Å². The van der Waals surface area contributed by atoms with E-state index in [4.69, 9.17) is 9.47 Å². The van der Waals surface area contributed by atoms with Crippen LogP contribution in [-0.2, 0) is 0 Å². The van der Waals surface area contributed by atoms with Gasteiger partial charge in [0.15, 0.2) is 18.1 Å². The van der Waals surface area contributed by atoms with Crippen molar-refractivity contribution in [2.75, 3.05) is 20.8 Å². The lowest BCUT2D eigenvalue weighted by molar-refractivity contribution is -0.153. The fourth-order valence-electron chi connectivity index (χ4n) is 1.07. The van der Waals surface area contributed by atoms with Crippen molar-refractivity contribution in [3.8, 4) is 17.2 Å². The second-order valence-corrected chi connectivity index (χ2v) is 2.83. The van der Waals surface area contributed by atoms with E-state index in [0.29, 0.717) is 0 Å². The van der Waals surface area contributed by atoms with Crippen molar-refractivity contribution >= 4 is 0 Å². The van der Waals surface area contributed by atoms with Crippen LogP contribution in [0.5, 0.6) is 17.2 Å². The van der Waals surface area contributed by atoms with E-state index in [9.17, 15) is 13.2 Å². The Morgan fingerprint density at radius 3 is 2.25 bits per heavy atom. The predicted molar refractivity (Wildman–Crippen MR) is 49.9 cm³/mol. The molecule has 0 amide bonds. The minimum atomic E-state index is -4.39. The molecule has 0 spiro atoms. The van der Waals surface area contributed by atoms with Crippen LogP contribution in [0.4, 0.5) is 13.2 Å². The minimum absolute atomic E-state index is 0.0563. The molecule has 16 heavy (non-hydrogen) atoms.